The van der Waals surface area contributed by atoms with E-state index in [1.807, 2.05) is 48.5 Å². The van der Waals surface area contributed by atoms with Crippen molar-refractivity contribution in [1.29, 1.82) is 0 Å². The van der Waals surface area contributed by atoms with E-state index in [1.54, 1.807) is 0 Å². The first-order chi connectivity index (χ1) is 13.4. The number of nitrogens with two attached hydrogens (primary N) is 1. The molecule has 0 radical (unpaired) electrons. The summed E-state index contributed by atoms with van der Waals surface area (Å²) in [5, 5.41) is 2.48. The third-order valence-corrected chi connectivity index (χ3v) is 5.60. The molecule has 28 heavy (non-hydrogen) atoms. The monoisotopic (exact) mass is 416 g/mol. The molecule has 8 heteroatoms. The van der Waals surface area contributed by atoms with Crippen molar-refractivity contribution in [3.05, 3.63) is 59.7 Å². The first kappa shape index (κ1) is 20.3. The number of carbonyl (C=O) groups excluding carboxylic acids is 2. The van der Waals surface area contributed by atoms with Crippen LogP contribution < -0.4 is 15.8 Å². The van der Waals surface area contributed by atoms with E-state index in [9.17, 15) is 9.59 Å². The average Bonchev–Trinajstić information content (AvgIpc) is 3.01. The zero-order chi connectivity index (χ0) is 20.1. The van der Waals surface area contributed by atoms with Gasteiger partial charge in [-0.05, 0) is 48.2 Å². The Bertz CT molecular complexity index is 869. The molecule has 2 aromatic carbocycles. The van der Waals surface area contributed by atoms with Gasteiger partial charge in [-0.2, -0.15) is 0 Å². The number of thioether (sulfide) groups is 1. The predicted octanol–water partition coefficient (Wildman–Crippen LogP) is 2.58. The molecule has 1 aliphatic rings. The molecule has 0 aromatic heterocycles. The van der Waals surface area contributed by atoms with Gasteiger partial charge in [-0.3, -0.25) is 9.59 Å². The summed E-state index contributed by atoms with van der Waals surface area (Å²) in [6.45, 7) is 0. The highest BCUT2D eigenvalue weighted by atomic mass is 32.2. The SMILES string of the molecule is COC(=O)[C@H](N)Cc1ccc(Oc2ccc(C[C@@H]3SC(=S)NC3=O)cc2)cc1. The van der Waals surface area contributed by atoms with Gasteiger partial charge in [0.1, 0.15) is 21.9 Å². The molecule has 146 valence electrons. The van der Waals surface area contributed by atoms with Gasteiger partial charge in [-0.15, -0.1) is 0 Å². The quantitative estimate of drug-likeness (QED) is 0.530. The third-order valence-electron chi connectivity index (χ3n) is 4.23. The van der Waals surface area contributed by atoms with Crippen LogP contribution in [0, 0.1) is 0 Å². The molecule has 1 saturated heterocycles. The highest BCUT2D eigenvalue weighted by molar-refractivity contribution is 8.24. The van der Waals surface area contributed by atoms with Crippen LogP contribution in [0.5, 0.6) is 11.5 Å². The fourth-order valence-electron chi connectivity index (χ4n) is 2.75. The number of methoxy groups -OCH3 is 1. The Morgan fingerprint density at radius 1 is 1.14 bits per heavy atom. The standard InChI is InChI=1S/C20H20N2O4S2/c1-25-19(24)16(21)10-12-2-6-14(7-3-12)26-15-8-4-13(5-9-15)11-17-18(23)22-20(27)28-17/h2-9,16-17H,10-11,21H2,1H3,(H,22,23,27)/t16-,17+/m1/s1. The van der Waals surface area contributed by atoms with E-state index in [1.165, 1.54) is 18.9 Å². The molecule has 3 rings (SSSR count). The van der Waals surface area contributed by atoms with Crippen LogP contribution >= 0.6 is 24.0 Å². The van der Waals surface area contributed by atoms with E-state index in [0.29, 0.717) is 28.7 Å². The maximum Gasteiger partial charge on any atom is 0.322 e. The van der Waals surface area contributed by atoms with Crippen molar-refractivity contribution in [3.8, 4) is 11.5 Å². The molecule has 1 aliphatic heterocycles. The molecule has 0 aliphatic carbocycles. The predicted molar refractivity (Wildman–Crippen MR) is 112 cm³/mol. The zero-order valence-corrected chi connectivity index (χ0v) is 16.8. The van der Waals surface area contributed by atoms with Crippen LogP contribution in [0.4, 0.5) is 0 Å². The lowest BCUT2D eigenvalue weighted by atomic mass is 10.1. The van der Waals surface area contributed by atoms with E-state index in [2.05, 4.69) is 10.1 Å². The largest absolute Gasteiger partial charge is 0.468 e. The summed E-state index contributed by atoms with van der Waals surface area (Å²) in [6, 6.07) is 14.3. The lowest BCUT2D eigenvalue weighted by Gasteiger charge is -2.11. The summed E-state index contributed by atoms with van der Waals surface area (Å²) < 4.78 is 11.0. The molecule has 0 unspecified atom stereocenters. The van der Waals surface area contributed by atoms with Crippen LogP contribution in [0.2, 0.25) is 0 Å². The van der Waals surface area contributed by atoms with Gasteiger partial charge in [-0.25, -0.2) is 0 Å². The average molecular weight is 417 g/mol. The second-order valence-electron chi connectivity index (χ2n) is 6.31. The molecule has 1 fully saturated rings. The van der Waals surface area contributed by atoms with Crippen molar-refractivity contribution >= 4 is 40.2 Å². The van der Waals surface area contributed by atoms with Gasteiger partial charge >= 0.3 is 5.97 Å². The molecule has 1 heterocycles. The molecule has 0 spiro atoms. The molecular weight excluding hydrogens is 396 g/mol. The Morgan fingerprint density at radius 3 is 2.21 bits per heavy atom. The summed E-state index contributed by atoms with van der Waals surface area (Å²) in [4.78, 5) is 23.2. The second kappa shape index (κ2) is 9.18. The van der Waals surface area contributed by atoms with Gasteiger partial charge in [-0.1, -0.05) is 48.2 Å². The van der Waals surface area contributed by atoms with Crippen molar-refractivity contribution < 1.29 is 19.1 Å². The van der Waals surface area contributed by atoms with E-state index < -0.39 is 12.0 Å². The Hall–Kier alpha value is -2.42. The van der Waals surface area contributed by atoms with Gasteiger partial charge in [0.15, 0.2) is 0 Å². The lowest BCUT2D eigenvalue weighted by molar-refractivity contribution is -0.142. The number of benzene rings is 2. The van der Waals surface area contributed by atoms with Gasteiger partial charge in [0, 0.05) is 0 Å². The van der Waals surface area contributed by atoms with Crippen LogP contribution in [-0.4, -0.2) is 34.6 Å². The Kier molecular flexibility index (Phi) is 6.66. The minimum atomic E-state index is -0.682. The van der Waals surface area contributed by atoms with Crippen LogP contribution in [-0.2, 0) is 27.2 Å². The topological polar surface area (TPSA) is 90.7 Å². The highest BCUT2D eigenvalue weighted by Gasteiger charge is 2.28. The summed E-state index contributed by atoms with van der Waals surface area (Å²) in [7, 11) is 1.32. The Morgan fingerprint density at radius 2 is 1.71 bits per heavy atom. The van der Waals surface area contributed by atoms with Crippen molar-refractivity contribution in [1.82, 2.24) is 5.32 Å². The molecular formula is C20H20N2O4S2. The van der Waals surface area contributed by atoms with Crippen LogP contribution in [0.25, 0.3) is 0 Å². The van der Waals surface area contributed by atoms with Gasteiger partial charge in [0.2, 0.25) is 5.91 Å². The zero-order valence-electron chi connectivity index (χ0n) is 15.2. The number of esters is 1. The minimum Gasteiger partial charge on any atom is -0.468 e. The van der Waals surface area contributed by atoms with Crippen molar-refractivity contribution in [2.45, 2.75) is 24.1 Å². The first-order valence-electron chi connectivity index (χ1n) is 8.65. The summed E-state index contributed by atoms with van der Waals surface area (Å²) >= 11 is 6.40. The van der Waals surface area contributed by atoms with Crippen LogP contribution in [0.1, 0.15) is 11.1 Å². The Balaban J connectivity index is 1.56. The number of hydrogen-bond donors (Lipinski definition) is 2. The number of ether oxygens (including phenoxy) is 2. The number of thiocarbonyl (C=S) groups is 1. The number of amides is 1. The first-order valence-corrected chi connectivity index (χ1v) is 9.94. The maximum absolute atomic E-state index is 11.8. The highest BCUT2D eigenvalue weighted by Crippen LogP contribution is 2.26. The van der Waals surface area contributed by atoms with Crippen molar-refractivity contribution in [2.24, 2.45) is 5.73 Å². The van der Waals surface area contributed by atoms with Crippen LogP contribution in [0.3, 0.4) is 0 Å². The number of rotatable bonds is 7. The fraction of sp³-hybridized carbons (Fsp3) is 0.250. The van der Waals surface area contributed by atoms with Gasteiger partial charge < -0.3 is 20.5 Å². The van der Waals surface area contributed by atoms with E-state index in [-0.39, 0.29) is 11.2 Å². The molecule has 3 N–H and O–H groups in total. The smallest absolute Gasteiger partial charge is 0.322 e. The maximum atomic E-state index is 11.8. The van der Waals surface area contributed by atoms with E-state index >= 15 is 0 Å². The van der Waals surface area contributed by atoms with Gasteiger partial charge in [0.05, 0.1) is 12.4 Å². The molecule has 0 saturated carbocycles. The summed E-state index contributed by atoms with van der Waals surface area (Å²) in [5.74, 6) is 0.902. The normalized spacial score (nSPS) is 17.1. The number of carbonyl (C=O) groups is 2. The molecule has 6 nitrogen and oxygen atoms in total. The molecule has 2 atom stereocenters. The van der Waals surface area contributed by atoms with Crippen molar-refractivity contribution in [3.63, 3.8) is 0 Å². The van der Waals surface area contributed by atoms with E-state index in [0.717, 1.165) is 11.1 Å². The minimum absolute atomic E-state index is 0.0395. The summed E-state index contributed by atoms with van der Waals surface area (Å²) in [5.41, 5.74) is 7.73. The van der Waals surface area contributed by atoms with Crippen LogP contribution in [0.15, 0.2) is 48.5 Å². The second-order valence-corrected chi connectivity index (χ2v) is 8.19. The molecule has 0 bridgehead atoms. The molecule has 2 aromatic rings. The third kappa shape index (κ3) is 5.31. The summed E-state index contributed by atoms with van der Waals surface area (Å²) in [6.07, 6.45) is 1.02. The molecule has 1 amide bonds. The Labute approximate surface area is 172 Å². The number of hydrogen-bond acceptors (Lipinski definition) is 7. The number of nitrogens with one attached hydrogen (secondary N) is 1. The fourth-order valence-corrected chi connectivity index (χ4v) is 4.06. The lowest BCUT2D eigenvalue weighted by Crippen LogP contribution is -2.33. The van der Waals surface area contributed by atoms with E-state index in [4.69, 9.17) is 22.7 Å². The van der Waals surface area contributed by atoms with Gasteiger partial charge in [0.25, 0.3) is 0 Å². The van der Waals surface area contributed by atoms with Crippen molar-refractivity contribution in [2.75, 3.05) is 7.11 Å².